The average Bonchev–Trinajstić information content (AvgIpc) is 3.23. The van der Waals surface area contributed by atoms with Gasteiger partial charge in [-0.15, -0.1) is 0 Å². The number of Topliss-reactive ketones (excluding diaryl/α,β-unsaturated/α-hetero) is 1. The van der Waals surface area contributed by atoms with E-state index in [0.717, 1.165) is 22.6 Å². The molecule has 0 N–H and O–H groups in total. The van der Waals surface area contributed by atoms with Gasteiger partial charge >= 0.3 is 0 Å². The molecule has 0 saturated heterocycles. The van der Waals surface area contributed by atoms with E-state index in [1.165, 1.54) is 24.1 Å². The Morgan fingerprint density at radius 3 is 2.42 bits per heavy atom. The fourth-order valence-corrected chi connectivity index (χ4v) is 4.02. The lowest BCUT2D eigenvalue weighted by Gasteiger charge is -2.14. The molecule has 0 spiro atoms. The van der Waals surface area contributed by atoms with E-state index in [0.29, 0.717) is 33.1 Å². The zero-order valence-corrected chi connectivity index (χ0v) is 18.8. The zero-order chi connectivity index (χ0) is 23.4. The van der Waals surface area contributed by atoms with E-state index >= 15 is 0 Å². The maximum atomic E-state index is 13.7. The monoisotopic (exact) mass is 461 g/mol. The lowest BCUT2D eigenvalue weighted by atomic mass is 10.1. The number of hydrazone groups is 1. The Hall–Kier alpha value is -3.91. The molecule has 0 saturated carbocycles. The molecule has 6 nitrogen and oxygen atoms in total. The predicted molar refractivity (Wildman–Crippen MR) is 128 cm³/mol. The Morgan fingerprint density at radius 1 is 1.06 bits per heavy atom. The van der Waals surface area contributed by atoms with Crippen LogP contribution in [0.25, 0.3) is 10.2 Å². The van der Waals surface area contributed by atoms with E-state index in [1.807, 2.05) is 31.2 Å². The number of hydrogen-bond acceptors (Lipinski definition) is 6. The van der Waals surface area contributed by atoms with E-state index in [9.17, 15) is 14.0 Å². The van der Waals surface area contributed by atoms with Gasteiger partial charge in [0.05, 0.1) is 23.0 Å². The topological polar surface area (TPSA) is 71.9 Å². The summed E-state index contributed by atoms with van der Waals surface area (Å²) in [6.45, 7) is 3.94. The standard InChI is InChI=1S/C25H20FN3O3S/c1-3-32-21-11-4-17(5-12-21)15-27-29(24(31)19-8-6-18(7-9-19)16(2)30)25-28-22-13-10-20(26)14-23(22)33-25/h4-15H,3H2,1-2H3/b27-15+. The largest absolute Gasteiger partial charge is 0.494 e. The van der Waals surface area contributed by atoms with Crippen LogP contribution in [0.3, 0.4) is 0 Å². The highest BCUT2D eigenvalue weighted by Gasteiger charge is 2.21. The first-order chi connectivity index (χ1) is 15.9. The summed E-state index contributed by atoms with van der Waals surface area (Å²) in [5.74, 6) is -0.158. The van der Waals surface area contributed by atoms with Crippen molar-refractivity contribution in [2.75, 3.05) is 11.6 Å². The van der Waals surface area contributed by atoms with Gasteiger partial charge in [0.1, 0.15) is 11.6 Å². The van der Waals surface area contributed by atoms with E-state index in [4.69, 9.17) is 4.74 Å². The van der Waals surface area contributed by atoms with Crippen LogP contribution in [0.1, 0.15) is 40.1 Å². The molecule has 1 amide bonds. The van der Waals surface area contributed by atoms with Crippen LogP contribution in [0.2, 0.25) is 0 Å². The van der Waals surface area contributed by atoms with Crippen molar-refractivity contribution in [2.45, 2.75) is 13.8 Å². The van der Waals surface area contributed by atoms with Gasteiger partial charge < -0.3 is 4.74 Å². The Labute approximate surface area is 194 Å². The van der Waals surface area contributed by atoms with Crippen LogP contribution in [0.4, 0.5) is 9.52 Å². The zero-order valence-electron chi connectivity index (χ0n) is 18.0. The van der Waals surface area contributed by atoms with Crippen LogP contribution in [-0.4, -0.2) is 29.5 Å². The van der Waals surface area contributed by atoms with Crippen LogP contribution >= 0.6 is 11.3 Å². The number of ether oxygens (including phenoxy) is 1. The quantitative estimate of drug-likeness (QED) is 0.201. The highest BCUT2D eigenvalue weighted by atomic mass is 32.1. The molecule has 4 aromatic rings. The van der Waals surface area contributed by atoms with Crippen molar-refractivity contribution in [3.8, 4) is 5.75 Å². The molecule has 0 aliphatic carbocycles. The van der Waals surface area contributed by atoms with Crippen LogP contribution in [0, 0.1) is 5.82 Å². The third-order valence-corrected chi connectivity index (χ3v) is 5.76. The number of fused-ring (bicyclic) bond motifs is 1. The van der Waals surface area contributed by atoms with Crippen molar-refractivity contribution in [3.63, 3.8) is 0 Å². The number of amides is 1. The van der Waals surface area contributed by atoms with Crippen molar-refractivity contribution in [2.24, 2.45) is 5.10 Å². The van der Waals surface area contributed by atoms with Gasteiger partial charge in [0.15, 0.2) is 5.78 Å². The summed E-state index contributed by atoms with van der Waals surface area (Å²) in [7, 11) is 0. The second-order valence-corrected chi connectivity index (χ2v) is 8.11. The van der Waals surface area contributed by atoms with Crippen LogP contribution < -0.4 is 9.75 Å². The summed E-state index contributed by atoms with van der Waals surface area (Å²) in [4.78, 5) is 29.4. The molecule has 0 radical (unpaired) electrons. The maximum absolute atomic E-state index is 13.7. The van der Waals surface area contributed by atoms with E-state index < -0.39 is 5.91 Å². The van der Waals surface area contributed by atoms with Gasteiger partial charge in [0.2, 0.25) is 5.13 Å². The molecule has 1 aromatic heterocycles. The van der Waals surface area contributed by atoms with Gasteiger partial charge in [-0.2, -0.15) is 10.1 Å². The summed E-state index contributed by atoms with van der Waals surface area (Å²) in [5.41, 5.74) is 2.17. The molecule has 0 bridgehead atoms. The van der Waals surface area contributed by atoms with Crippen molar-refractivity contribution in [3.05, 3.63) is 89.2 Å². The van der Waals surface area contributed by atoms with Gasteiger partial charge in [-0.1, -0.05) is 23.5 Å². The molecule has 0 atom stereocenters. The second-order valence-electron chi connectivity index (χ2n) is 7.11. The fourth-order valence-electron chi connectivity index (χ4n) is 3.08. The SMILES string of the molecule is CCOc1ccc(/C=N/N(C(=O)c2ccc(C(C)=O)cc2)c2nc3ccc(F)cc3s2)cc1. The fraction of sp³-hybridized carbons (Fsp3) is 0.120. The molecule has 0 aliphatic heterocycles. The van der Waals surface area contributed by atoms with E-state index in [1.54, 1.807) is 36.5 Å². The summed E-state index contributed by atoms with van der Waals surface area (Å²) in [5, 5.41) is 5.88. The number of thiazole rings is 1. The van der Waals surface area contributed by atoms with E-state index in [2.05, 4.69) is 10.1 Å². The minimum absolute atomic E-state index is 0.0902. The predicted octanol–water partition coefficient (Wildman–Crippen LogP) is 5.72. The molecular formula is C25H20FN3O3S. The first-order valence-corrected chi connectivity index (χ1v) is 11.0. The van der Waals surface area contributed by atoms with Gasteiger partial charge in [-0.3, -0.25) is 9.59 Å². The molecule has 0 unspecified atom stereocenters. The molecule has 4 rings (SSSR count). The van der Waals surface area contributed by atoms with E-state index in [-0.39, 0.29) is 11.6 Å². The minimum atomic E-state index is -0.424. The molecular weight excluding hydrogens is 441 g/mol. The van der Waals surface area contributed by atoms with Crippen molar-refractivity contribution in [1.29, 1.82) is 0 Å². The number of hydrogen-bond donors (Lipinski definition) is 0. The lowest BCUT2D eigenvalue weighted by molar-refractivity contribution is 0.0983. The number of benzene rings is 3. The lowest BCUT2D eigenvalue weighted by Crippen LogP contribution is -2.25. The molecule has 1 heterocycles. The molecule has 0 aliphatic rings. The number of ketones is 1. The molecule has 33 heavy (non-hydrogen) atoms. The molecule has 166 valence electrons. The summed E-state index contributed by atoms with van der Waals surface area (Å²) >= 11 is 1.16. The van der Waals surface area contributed by atoms with Gasteiger partial charge in [-0.05, 0) is 74.0 Å². The highest BCUT2D eigenvalue weighted by molar-refractivity contribution is 7.22. The number of halogens is 1. The third-order valence-electron chi connectivity index (χ3n) is 4.76. The highest BCUT2D eigenvalue weighted by Crippen LogP contribution is 2.30. The number of carbonyl (C=O) groups is 2. The van der Waals surface area contributed by atoms with Crippen LogP contribution in [-0.2, 0) is 0 Å². The van der Waals surface area contributed by atoms with Gasteiger partial charge in [0, 0.05) is 11.1 Å². The number of nitrogens with zero attached hydrogens (tertiary/aromatic N) is 3. The molecule has 8 heteroatoms. The van der Waals surface area contributed by atoms with Gasteiger partial charge in [-0.25, -0.2) is 9.37 Å². The van der Waals surface area contributed by atoms with Crippen LogP contribution in [0.5, 0.6) is 5.75 Å². The average molecular weight is 462 g/mol. The Bertz CT molecular complexity index is 1330. The van der Waals surface area contributed by atoms with Crippen molar-refractivity contribution in [1.82, 2.24) is 4.98 Å². The van der Waals surface area contributed by atoms with Crippen LogP contribution in [0.15, 0.2) is 71.8 Å². The Morgan fingerprint density at radius 2 is 1.76 bits per heavy atom. The summed E-state index contributed by atoms with van der Waals surface area (Å²) in [6.07, 6.45) is 1.55. The van der Waals surface area contributed by atoms with Crippen molar-refractivity contribution >= 4 is 44.6 Å². The van der Waals surface area contributed by atoms with Gasteiger partial charge in [0.25, 0.3) is 5.91 Å². The van der Waals surface area contributed by atoms with Crippen molar-refractivity contribution < 1.29 is 18.7 Å². The smallest absolute Gasteiger partial charge is 0.280 e. The molecule has 0 fully saturated rings. The maximum Gasteiger partial charge on any atom is 0.280 e. The summed E-state index contributed by atoms with van der Waals surface area (Å²) in [6, 6.07) is 17.9. The number of rotatable bonds is 7. The Kier molecular flexibility index (Phi) is 6.55. The number of anilines is 1. The number of aromatic nitrogens is 1. The minimum Gasteiger partial charge on any atom is -0.494 e. The number of carbonyl (C=O) groups excluding carboxylic acids is 2. The summed E-state index contributed by atoms with van der Waals surface area (Å²) < 4.78 is 19.7. The first kappa shape index (κ1) is 22.3. The third kappa shape index (κ3) is 5.12. The Balaban J connectivity index is 1.70. The molecule has 3 aromatic carbocycles. The second kappa shape index (κ2) is 9.70. The normalized spacial score (nSPS) is 11.1. The first-order valence-electron chi connectivity index (χ1n) is 10.2.